The van der Waals surface area contributed by atoms with Crippen molar-refractivity contribution in [1.29, 1.82) is 0 Å². The first-order valence-electron chi connectivity index (χ1n) is 7.99. The van der Waals surface area contributed by atoms with Crippen LogP contribution in [0.2, 0.25) is 0 Å². The number of unbranched alkanes of at least 4 members (excludes halogenated alkanes) is 3. The largest absolute Gasteiger partial charge is 0.309 e. The minimum absolute atomic E-state index is 0.0848. The molecule has 2 rings (SSSR count). The lowest BCUT2D eigenvalue weighted by molar-refractivity contribution is 0.103. The Morgan fingerprint density at radius 2 is 2.00 bits per heavy atom. The second kappa shape index (κ2) is 9.85. The summed E-state index contributed by atoms with van der Waals surface area (Å²) < 4.78 is 0. The molecule has 0 atom stereocenters. The molecule has 0 aliphatic carbocycles. The van der Waals surface area contributed by atoms with Gasteiger partial charge in [0.25, 0.3) is 0 Å². The molecule has 3 nitrogen and oxygen atoms in total. The average Bonchev–Trinajstić information content (AvgIpc) is 3.08. The summed E-state index contributed by atoms with van der Waals surface area (Å²) >= 11 is 3.18. The Labute approximate surface area is 147 Å². The van der Waals surface area contributed by atoms with Crippen molar-refractivity contribution in [3.05, 3.63) is 46.3 Å². The van der Waals surface area contributed by atoms with Crippen LogP contribution in [-0.2, 0) is 0 Å². The molecular formula is C18H24N2OS2. The van der Waals surface area contributed by atoms with Gasteiger partial charge < -0.3 is 4.90 Å². The van der Waals surface area contributed by atoms with Crippen LogP contribution in [0, 0.1) is 0 Å². The van der Waals surface area contributed by atoms with Crippen molar-refractivity contribution in [2.45, 2.75) is 30.7 Å². The smallest absolute Gasteiger partial charge is 0.205 e. The molecule has 0 fully saturated rings. The van der Waals surface area contributed by atoms with Crippen LogP contribution in [0.5, 0.6) is 0 Å². The molecule has 0 bridgehead atoms. The molecule has 0 unspecified atom stereocenters. The summed E-state index contributed by atoms with van der Waals surface area (Å²) in [5, 5.41) is 2.80. The Morgan fingerprint density at radius 1 is 1.17 bits per heavy atom. The first-order valence-corrected chi connectivity index (χ1v) is 9.86. The Kier molecular flexibility index (Phi) is 7.79. The lowest BCUT2D eigenvalue weighted by atomic mass is 10.1. The number of hydrogen-bond donors (Lipinski definition) is 0. The van der Waals surface area contributed by atoms with Gasteiger partial charge >= 0.3 is 0 Å². The second-order valence-electron chi connectivity index (χ2n) is 5.73. The van der Waals surface area contributed by atoms with Gasteiger partial charge in [-0.25, -0.2) is 4.98 Å². The van der Waals surface area contributed by atoms with E-state index in [2.05, 4.69) is 24.0 Å². The molecule has 0 saturated carbocycles. The van der Waals surface area contributed by atoms with E-state index in [-0.39, 0.29) is 5.78 Å². The van der Waals surface area contributed by atoms with Gasteiger partial charge in [0, 0.05) is 6.20 Å². The highest BCUT2D eigenvalue weighted by Crippen LogP contribution is 2.25. The summed E-state index contributed by atoms with van der Waals surface area (Å²) in [4.78, 5) is 19.9. The van der Waals surface area contributed by atoms with Gasteiger partial charge in [-0.15, -0.1) is 23.1 Å². The van der Waals surface area contributed by atoms with Crippen molar-refractivity contribution in [1.82, 2.24) is 9.88 Å². The van der Waals surface area contributed by atoms with Crippen LogP contribution in [0.25, 0.3) is 0 Å². The number of hydrogen-bond acceptors (Lipinski definition) is 5. The van der Waals surface area contributed by atoms with Crippen molar-refractivity contribution in [2.75, 3.05) is 26.4 Å². The zero-order valence-electron chi connectivity index (χ0n) is 13.8. The lowest BCUT2D eigenvalue weighted by Gasteiger charge is -2.09. The highest BCUT2D eigenvalue weighted by molar-refractivity contribution is 7.99. The zero-order chi connectivity index (χ0) is 16.5. The van der Waals surface area contributed by atoms with Crippen LogP contribution in [0.15, 0.2) is 40.9 Å². The zero-order valence-corrected chi connectivity index (χ0v) is 15.5. The number of thiophene rings is 1. The quantitative estimate of drug-likeness (QED) is 0.357. The Balaban J connectivity index is 1.81. The van der Waals surface area contributed by atoms with Gasteiger partial charge in [-0.2, -0.15) is 0 Å². The summed E-state index contributed by atoms with van der Waals surface area (Å²) in [5.74, 6) is 1.10. The van der Waals surface area contributed by atoms with Crippen LogP contribution >= 0.6 is 23.1 Å². The van der Waals surface area contributed by atoms with E-state index in [0.29, 0.717) is 0 Å². The Hall–Kier alpha value is -1.17. The second-order valence-corrected chi connectivity index (χ2v) is 7.76. The average molecular weight is 349 g/mol. The van der Waals surface area contributed by atoms with Gasteiger partial charge in [0.2, 0.25) is 5.78 Å². The van der Waals surface area contributed by atoms with Gasteiger partial charge in [0.15, 0.2) is 0 Å². The summed E-state index contributed by atoms with van der Waals surface area (Å²) in [6.07, 6.45) is 6.69. The molecule has 2 aromatic rings. The number of nitrogens with zero attached hydrogens (tertiary/aromatic N) is 2. The van der Waals surface area contributed by atoms with Crippen molar-refractivity contribution < 1.29 is 4.79 Å². The van der Waals surface area contributed by atoms with Crippen LogP contribution < -0.4 is 0 Å². The Bertz CT molecular complexity index is 597. The van der Waals surface area contributed by atoms with Crippen molar-refractivity contribution in [2.24, 2.45) is 0 Å². The molecule has 0 radical (unpaired) electrons. The standard InChI is InChI=1S/C18H24N2OS2/c1-20(2)12-5-3-4-6-13-23-18-15(9-7-11-19-18)17(21)16-10-8-14-22-16/h7-11,14H,3-6,12-13H2,1-2H3. The van der Waals surface area contributed by atoms with Gasteiger partial charge in [0.05, 0.1) is 10.4 Å². The van der Waals surface area contributed by atoms with E-state index in [1.165, 1.54) is 37.0 Å². The lowest BCUT2D eigenvalue weighted by Crippen LogP contribution is -2.12. The van der Waals surface area contributed by atoms with E-state index in [0.717, 1.165) is 27.8 Å². The van der Waals surface area contributed by atoms with Crippen LogP contribution in [0.4, 0.5) is 0 Å². The predicted molar refractivity (Wildman–Crippen MR) is 99.7 cm³/mol. The molecule has 0 spiro atoms. The SMILES string of the molecule is CN(C)CCCCCCSc1ncccc1C(=O)c1cccs1. The predicted octanol–water partition coefficient (Wildman–Crippen LogP) is 4.59. The minimum atomic E-state index is 0.0848. The number of aromatic nitrogens is 1. The van der Waals surface area contributed by atoms with E-state index in [1.807, 2.05) is 29.6 Å². The maximum Gasteiger partial charge on any atom is 0.205 e. The fourth-order valence-corrected chi connectivity index (χ4v) is 3.94. The third kappa shape index (κ3) is 6.09. The molecule has 5 heteroatoms. The summed E-state index contributed by atoms with van der Waals surface area (Å²) in [6, 6.07) is 7.51. The van der Waals surface area contributed by atoms with Crippen LogP contribution in [0.1, 0.15) is 40.9 Å². The summed E-state index contributed by atoms with van der Waals surface area (Å²) in [6.45, 7) is 1.16. The molecule has 124 valence electrons. The minimum Gasteiger partial charge on any atom is -0.309 e. The maximum absolute atomic E-state index is 12.5. The van der Waals surface area contributed by atoms with E-state index < -0.39 is 0 Å². The normalized spacial score (nSPS) is 11.1. The first kappa shape index (κ1) is 18.2. The molecule has 0 amide bonds. The number of thioether (sulfide) groups is 1. The van der Waals surface area contributed by atoms with Crippen molar-refractivity contribution >= 4 is 28.9 Å². The van der Waals surface area contributed by atoms with Gasteiger partial charge in [-0.1, -0.05) is 18.9 Å². The molecule has 2 heterocycles. The maximum atomic E-state index is 12.5. The molecule has 0 N–H and O–H groups in total. The van der Waals surface area contributed by atoms with Gasteiger partial charge in [0.1, 0.15) is 5.03 Å². The fourth-order valence-electron chi connectivity index (χ4n) is 2.27. The monoisotopic (exact) mass is 348 g/mol. The van der Waals surface area contributed by atoms with E-state index in [4.69, 9.17) is 0 Å². The summed E-state index contributed by atoms with van der Waals surface area (Å²) in [7, 11) is 4.23. The van der Waals surface area contributed by atoms with Crippen LogP contribution in [-0.4, -0.2) is 42.1 Å². The fraction of sp³-hybridized carbons (Fsp3) is 0.444. The third-order valence-electron chi connectivity index (χ3n) is 3.50. The highest BCUT2D eigenvalue weighted by atomic mass is 32.2. The number of pyridine rings is 1. The number of carbonyl (C=O) groups is 1. The molecule has 0 aliphatic rings. The van der Waals surface area contributed by atoms with Crippen LogP contribution in [0.3, 0.4) is 0 Å². The number of ketones is 1. The molecule has 0 aromatic carbocycles. The van der Waals surface area contributed by atoms with E-state index in [1.54, 1.807) is 18.0 Å². The first-order chi connectivity index (χ1) is 11.2. The topological polar surface area (TPSA) is 33.2 Å². The van der Waals surface area contributed by atoms with Gasteiger partial charge in [-0.05, 0) is 62.8 Å². The van der Waals surface area contributed by atoms with Crippen molar-refractivity contribution in [3.8, 4) is 0 Å². The third-order valence-corrected chi connectivity index (χ3v) is 5.46. The van der Waals surface area contributed by atoms with E-state index >= 15 is 0 Å². The van der Waals surface area contributed by atoms with E-state index in [9.17, 15) is 4.79 Å². The number of rotatable bonds is 10. The molecular weight excluding hydrogens is 324 g/mol. The molecule has 23 heavy (non-hydrogen) atoms. The number of carbonyl (C=O) groups excluding carboxylic acids is 1. The Morgan fingerprint density at radius 3 is 2.74 bits per heavy atom. The van der Waals surface area contributed by atoms with Gasteiger partial charge in [-0.3, -0.25) is 4.79 Å². The highest BCUT2D eigenvalue weighted by Gasteiger charge is 2.15. The molecule has 2 aromatic heterocycles. The molecule has 0 saturated heterocycles. The summed E-state index contributed by atoms with van der Waals surface area (Å²) in [5.41, 5.74) is 0.729. The molecule has 0 aliphatic heterocycles. The van der Waals surface area contributed by atoms with Crippen molar-refractivity contribution in [3.63, 3.8) is 0 Å².